The number of piperazine rings is 1. The quantitative estimate of drug-likeness (QED) is 0.115. The maximum atomic E-state index is 13.4. The van der Waals surface area contributed by atoms with Gasteiger partial charge in [-0.25, -0.2) is 9.97 Å². The first-order valence-electron chi connectivity index (χ1n) is 15.0. The number of thiazole rings is 1. The predicted molar refractivity (Wildman–Crippen MR) is 165 cm³/mol. The number of pyridine rings is 1. The van der Waals surface area contributed by atoms with Crippen molar-refractivity contribution >= 4 is 38.7 Å². The number of nitro groups is 1. The molecule has 0 unspecified atom stereocenters. The van der Waals surface area contributed by atoms with E-state index in [2.05, 4.69) is 25.1 Å². The van der Waals surface area contributed by atoms with Gasteiger partial charge in [0.2, 0.25) is 0 Å². The first kappa shape index (κ1) is 32.7. The van der Waals surface area contributed by atoms with Crippen LogP contribution in [0.5, 0.6) is 5.75 Å². The first-order valence-corrected chi connectivity index (χ1v) is 15.8. The van der Waals surface area contributed by atoms with Crippen LogP contribution in [-0.2, 0) is 18.9 Å². The number of benzene rings is 2. The van der Waals surface area contributed by atoms with Crippen LogP contribution >= 0.6 is 11.3 Å². The van der Waals surface area contributed by atoms with Crippen LogP contribution in [0, 0.1) is 10.1 Å². The summed E-state index contributed by atoms with van der Waals surface area (Å²) in [4.78, 5) is 23.3. The Balaban J connectivity index is 0.985. The number of nitrogens with one attached hydrogen (secondary N) is 1. The maximum absolute atomic E-state index is 13.4. The predicted octanol–water partition coefficient (Wildman–Crippen LogP) is 7.76. The number of hydrogen-bond donors (Lipinski definition) is 1. The van der Waals surface area contributed by atoms with Gasteiger partial charge in [0.05, 0.1) is 33.4 Å². The van der Waals surface area contributed by atoms with Gasteiger partial charge >= 0.3 is 12.4 Å². The Labute approximate surface area is 269 Å². The molecule has 1 aliphatic heterocycles. The van der Waals surface area contributed by atoms with E-state index in [1.165, 1.54) is 23.5 Å². The molecule has 1 saturated heterocycles. The van der Waals surface area contributed by atoms with Gasteiger partial charge in [-0.1, -0.05) is 0 Å². The fraction of sp³-hybridized carbons (Fsp3) is 0.419. The van der Waals surface area contributed by atoms with Crippen molar-refractivity contribution in [1.82, 2.24) is 14.9 Å². The molecule has 0 radical (unpaired) electrons. The van der Waals surface area contributed by atoms with Crippen molar-refractivity contribution in [2.75, 3.05) is 36.4 Å². The van der Waals surface area contributed by atoms with E-state index in [1.807, 2.05) is 6.07 Å². The molecule has 4 aromatic rings. The first-order chi connectivity index (χ1) is 22.3. The zero-order valence-electron chi connectivity index (χ0n) is 24.9. The fourth-order valence-electron chi connectivity index (χ4n) is 5.96. The molecular formula is C31H30F6N6O3S. The van der Waals surface area contributed by atoms with E-state index in [0.717, 1.165) is 52.9 Å². The second-order valence-electron chi connectivity index (χ2n) is 11.6. The molecule has 1 N–H and O–H groups in total. The van der Waals surface area contributed by atoms with Gasteiger partial charge in [0.15, 0.2) is 0 Å². The highest BCUT2D eigenvalue weighted by molar-refractivity contribution is 7.18. The summed E-state index contributed by atoms with van der Waals surface area (Å²) in [7, 11) is 0. The maximum Gasteiger partial charge on any atom is 0.423 e. The molecule has 2 aromatic heterocycles. The summed E-state index contributed by atoms with van der Waals surface area (Å²) in [5.41, 5.74) is -2.42. The minimum absolute atomic E-state index is 0.0798. The van der Waals surface area contributed by atoms with Gasteiger partial charge in [0, 0.05) is 56.2 Å². The molecule has 6 rings (SSSR count). The van der Waals surface area contributed by atoms with E-state index < -0.39 is 34.1 Å². The number of alkyl halides is 6. The van der Waals surface area contributed by atoms with Crippen LogP contribution < -0.4 is 15.0 Å². The third kappa shape index (κ3) is 7.87. The summed E-state index contributed by atoms with van der Waals surface area (Å²) < 4.78 is 86.2. The monoisotopic (exact) mass is 680 g/mol. The van der Waals surface area contributed by atoms with E-state index in [1.54, 1.807) is 12.3 Å². The summed E-state index contributed by atoms with van der Waals surface area (Å²) in [6.45, 7) is 3.42. The smallest absolute Gasteiger partial charge is 0.423 e. The van der Waals surface area contributed by atoms with Crippen molar-refractivity contribution in [3.63, 3.8) is 0 Å². The van der Waals surface area contributed by atoms with Crippen LogP contribution in [0.15, 0.2) is 54.7 Å². The lowest BCUT2D eigenvalue weighted by molar-refractivity contribution is -0.388. The number of fused-ring (bicyclic) bond motifs is 1. The van der Waals surface area contributed by atoms with E-state index in [9.17, 15) is 36.5 Å². The Kier molecular flexibility index (Phi) is 9.16. The molecule has 9 nitrogen and oxygen atoms in total. The molecule has 2 aromatic carbocycles. The number of ether oxygens (including phenoxy) is 1. The van der Waals surface area contributed by atoms with Gasteiger partial charge in [-0.3, -0.25) is 15.0 Å². The summed E-state index contributed by atoms with van der Waals surface area (Å²) in [6.07, 6.45) is -4.97. The third-order valence-corrected chi connectivity index (χ3v) is 9.40. The number of halogens is 6. The average molecular weight is 681 g/mol. The highest BCUT2D eigenvalue weighted by Crippen LogP contribution is 2.38. The molecule has 0 bridgehead atoms. The van der Waals surface area contributed by atoms with E-state index in [0.29, 0.717) is 56.6 Å². The summed E-state index contributed by atoms with van der Waals surface area (Å²) in [5.74, 6) is 1.45. The van der Waals surface area contributed by atoms with Crippen molar-refractivity contribution in [3.05, 3.63) is 81.0 Å². The molecule has 0 atom stereocenters. The molecule has 3 heterocycles. The molecule has 250 valence electrons. The Morgan fingerprint density at radius 1 is 0.936 bits per heavy atom. The lowest BCUT2D eigenvalue weighted by Gasteiger charge is -2.35. The largest absolute Gasteiger partial charge is 0.490 e. The topological polar surface area (TPSA) is 96.7 Å². The van der Waals surface area contributed by atoms with Gasteiger partial charge in [0.25, 0.3) is 5.69 Å². The lowest BCUT2D eigenvalue weighted by Crippen LogP contribution is -2.46. The Bertz CT molecular complexity index is 1730. The number of rotatable bonds is 8. The highest BCUT2D eigenvalue weighted by Gasteiger charge is 2.38. The molecular weight excluding hydrogens is 650 g/mol. The number of aromatic nitrogens is 2. The molecule has 0 amide bonds. The SMILES string of the molecule is O=[N+]([O-])c1ccc(NC2CCC(Oc3ccnc(N4CCN(Cc5nc6cc(C(F)(F)F)ccc6s5)CC4)c3)CC2)cc1C(F)(F)F. The third-order valence-electron chi connectivity index (χ3n) is 8.38. The number of nitro benzene ring substituents is 1. The second kappa shape index (κ2) is 13.1. The molecule has 1 saturated carbocycles. The molecule has 47 heavy (non-hydrogen) atoms. The van der Waals surface area contributed by atoms with Gasteiger partial charge in [0.1, 0.15) is 22.1 Å². The van der Waals surface area contributed by atoms with Gasteiger partial charge in [-0.15, -0.1) is 11.3 Å². The van der Waals surface area contributed by atoms with Gasteiger partial charge < -0.3 is 15.0 Å². The molecule has 2 aliphatic rings. The summed E-state index contributed by atoms with van der Waals surface area (Å²) in [6, 6.07) is 10.2. The van der Waals surface area contributed by atoms with Crippen LogP contribution in [0.4, 0.5) is 43.5 Å². The molecule has 16 heteroatoms. The summed E-state index contributed by atoms with van der Waals surface area (Å²) in [5, 5.41) is 14.9. The van der Waals surface area contributed by atoms with Crippen LogP contribution in [0.1, 0.15) is 41.8 Å². The fourth-order valence-corrected chi connectivity index (χ4v) is 6.95. The molecule has 0 spiro atoms. The zero-order valence-corrected chi connectivity index (χ0v) is 25.7. The van der Waals surface area contributed by atoms with Crippen molar-refractivity contribution < 1.29 is 36.0 Å². The number of nitrogens with zero attached hydrogens (tertiary/aromatic N) is 5. The minimum Gasteiger partial charge on any atom is -0.490 e. The van der Waals surface area contributed by atoms with Crippen molar-refractivity contribution in [2.45, 2.75) is 56.7 Å². The summed E-state index contributed by atoms with van der Waals surface area (Å²) >= 11 is 1.40. The molecule has 1 aliphatic carbocycles. The van der Waals surface area contributed by atoms with Crippen LogP contribution in [0.2, 0.25) is 0 Å². The van der Waals surface area contributed by atoms with Crippen LogP contribution in [0.25, 0.3) is 10.2 Å². The van der Waals surface area contributed by atoms with Gasteiger partial charge in [-0.2, -0.15) is 26.3 Å². The van der Waals surface area contributed by atoms with Crippen molar-refractivity contribution in [3.8, 4) is 5.75 Å². The normalized spacial score (nSPS) is 19.6. The van der Waals surface area contributed by atoms with E-state index in [4.69, 9.17) is 4.74 Å². The highest BCUT2D eigenvalue weighted by atomic mass is 32.1. The Hall–Kier alpha value is -4.18. The van der Waals surface area contributed by atoms with Gasteiger partial charge in [-0.05, 0) is 62.1 Å². The minimum atomic E-state index is -4.84. The van der Waals surface area contributed by atoms with Crippen molar-refractivity contribution in [1.29, 1.82) is 0 Å². The van der Waals surface area contributed by atoms with Crippen LogP contribution in [-0.4, -0.2) is 58.1 Å². The van der Waals surface area contributed by atoms with E-state index in [-0.39, 0.29) is 17.8 Å². The van der Waals surface area contributed by atoms with E-state index >= 15 is 0 Å². The second-order valence-corrected chi connectivity index (χ2v) is 12.7. The van der Waals surface area contributed by atoms with Crippen LogP contribution in [0.3, 0.4) is 0 Å². The Morgan fingerprint density at radius 3 is 2.36 bits per heavy atom. The lowest BCUT2D eigenvalue weighted by atomic mass is 9.92. The standard InChI is InChI=1S/C31H30F6N6O3S/c32-30(33,34)19-1-8-27-25(15-19)40-29(47-27)18-41-11-13-42(14-12-41)28-17-23(9-10-38-28)46-22-5-2-20(3-6-22)39-21-4-7-26(43(44)45)24(16-21)31(35,36)37/h1,4,7-10,15-17,20,22,39H,2-3,5-6,11-14,18H2. The zero-order chi connectivity index (χ0) is 33.3. The molecule has 2 fully saturated rings. The number of hydrogen-bond acceptors (Lipinski definition) is 9. The average Bonchev–Trinajstić information content (AvgIpc) is 3.43. The van der Waals surface area contributed by atoms with Crippen molar-refractivity contribution in [2.24, 2.45) is 0 Å². The Morgan fingerprint density at radius 2 is 1.68 bits per heavy atom. The number of anilines is 2.